The summed E-state index contributed by atoms with van der Waals surface area (Å²) in [6.45, 7) is 0.598. The van der Waals surface area contributed by atoms with Crippen molar-refractivity contribution >= 4 is 18.1 Å². The molecule has 1 aromatic heterocycles. The minimum atomic E-state index is 0.0716. The lowest BCUT2D eigenvalue weighted by atomic mass is 10.2. The quantitative estimate of drug-likeness (QED) is 0.831. The number of carbonyl (C=O) groups excluding carboxylic acids is 1. The summed E-state index contributed by atoms with van der Waals surface area (Å²) in [5.41, 5.74) is 7.04. The number of hydrogen-bond donors (Lipinski definition) is 1. The van der Waals surface area contributed by atoms with E-state index in [-0.39, 0.29) is 11.8 Å². The van der Waals surface area contributed by atoms with Crippen LogP contribution in [-0.4, -0.2) is 30.4 Å². The van der Waals surface area contributed by atoms with Gasteiger partial charge in [-0.15, -0.1) is 0 Å². The molecule has 0 atom stereocenters. The maximum Gasteiger partial charge on any atom is 0.230 e. The van der Waals surface area contributed by atoms with Crippen LogP contribution in [0.2, 0.25) is 0 Å². The molecule has 0 aliphatic rings. The molecule has 6 heteroatoms. The van der Waals surface area contributed by atoms with Crippen molar-refractivity contribution in [1.29, 1.82) is 0 Å². The Bertz CT molecular complexity index is 602. The molecule has 0 saturated carbocycles. The van der Waals surface area contributed by atoms with Gasteiger partial charge >= 0.3 is 0 Å². The molecule has 0 spiro atoms. The van der Waals surface area contributed by atoms with Gasteiger partial charge in [-0.05, 0) is 5.56 Å². The van der Waals surface area contributed by atoms with Gasteiger partial charge in [0.25, 0.3) is 0 Å². The number of nitrogen functional groups attached to an aromatic ring is 1. The summed E-state index contributed by atoms with van der Waals surface area (Å²) >= 11 is 0. The van der Waals surface area contributed by atoms with Gasteiger partial charge < -0.3 is 15.4 Å². The third kappa shape index (κ3) is 2.85. The molecular weight excluding hydrogens is 256 g/mol. The fourth-order valence-electron chi connectivity index (χ4n) is 1.94. The number of rotatable bonds is 5. The molecule has 2 rings (SSSR count). The van der Waals surface area contributed by atoms with E-state index < -0.39 is 0 Å². The molecule has 6 nitrogen and oxygen atoms in total. The highest BCUT2D eigenvalue weighted by Crippen LogP contribution is 2.25. The predicted molar refractivity (Wildman–Crippen MR) is 76.9 cm³/mol. The first-order chi connectivity index (χ1) is 9.65. The topological polar surface area (TPSA) is 81.3 Å². The smallest absolute Gasteiger partial charge is 0.230 e. The molecular formula is C14H16N4O2. The standard InChI is InChI=1S/C14H16N4O2/c1-18(8-10-6-4-3-5-7-10)12-11(9-19)13(20-2)17-14(15)16-12/h3-7,9H,8H2,1-2H3,(H2,15,16,17). The second kappa shape index (κ2) is 6.01. The summed E-state index contributed by atoms with van der Waals surface area (Å²) in [4.78, 5) is 21.1. The van der Waals surface area contributed by atoms with Crippen LogP contribution in [0.1, 0.15) is 15.9 Å². The molecule has 1 aromatic carbocycles. The van der Waals surface area contributed by atoms with Crippen LogP contribution in [0.3, 0.4) is 0 Å². The summed E-state index contributed by atoms with van der Waals surface area (Å²) in [5, 5.41) is 0. The highest BCUT2D eigenvalue weighted by molar-refractivity contribution is 5.86. The van der Waals surface area contributed by atoms with E-state index in [1.54, 1.807) is 0 Å². The zero-order valence-electron chi connectivity index (χ0n) is 11.4. The zero-order valence-corrected chi connectivity index (χ0v) is 11.4. The fraction of sp³-hybridized carbons (Fsp3) is 0.214. The van der Waals surface area contributed by atoms with Gasteiger partial charge in [-0.3, -0.25) is 4.79 Å². The SMILES string of the molecule is COc1nc(N)nc(N(C)Cc2ccccc2)c1C=O. The van der Waals surface area contributed by atoms with Crippen LogP contribution in [0.15, 0.2) is 30.3 Å². The summed E-state index contributed by atoms with van der Waals surface area (Å²) < 4.78 is 5.07. The maximum absolute atomic E-state index is 11.2. The van der Waals surface area contributed by atoms with Crippen molar-refractivity contribution in [3.05, 3.63) is 41.5 Å². The van der Waals surface area contributed by atoms with Crippen LogP contribution in [0, 0.1) is 0 Å². The number of carbonyl (C=O) groups is 1. The molecule has 0 unspecified atom stereocenters. The average Bonchev–Trinajstić information content (AvgIpc) is 2.47. The van der Waals surface area contributed by atoms with E-state index in [1.807, 2.05) is 42.3 Å². The van der Waals surface area contributed by atoms with Crippen LogP contribution >= 0.6 is 0 Å². The van der Waals surface area contributed by atoms with Gasteiger partial charge in [0.2, 0.25) is 11.8 Å². The van der Waals surface area contributed by atoms with Gasteiger partial charge in [0.15, 0.2) is 6.29 Å². The lowest BCUT2D eigenvalue weighted by Gasteiger charge is -2.20. The summed E-state index contributed by atoms with van der Waals surface area (Å²) in [6, 6.07) is 9.86. The van der Waals surface area contributed by atoms with Crippen LogP contribution in [-0.2, 0) is 6.54 Å². The van der Waals surface area contributed by atoms with Crippen molar-refractivity contribution in [2.75, 3.05) is 24.8 Å². The molecule has 0 saturated heterocycles. The Kier molecular flexibility index (Phi) is 4.14. The van der Waals surface area contributed by atoms with Crippen molar-refractivity contribution in [3.8, 4) is 5.88 Å². The summed E-state index contributed by atoms with van der Waals surface area (Å²) in [6.07, 6.45) is 0.676. The fourth-order valence-corrected chi connectivity index (χ4v) is 1.94. The number of anilines is 2. The van der Waals surface area contributed by atoms with E-state index in [1.165, 1.54) is 7.11 Å². The van der Waals surface area contributed by atoms with Crippen molar-refractivity contribution in [2.45, 2.75) is 6.54 Å². The number of aldehydes is 1. The third-order valence-corrected chi connectivity index (χ3v) is 2.84. The number of aromatic nitrogens is 2. The van der Waals surface area contributed by atoms with Crippen molar-refractivity contribution in [1.82, 2.24) is 9.97 Å². The number of benzene rings is 1. The van der Waals surface area contributed by atoms with Crippen LogP contribution in [0.5, 0.6) is 5.88 Å². The van der Waals surface area contributed by atoms with E-state index in [0.717, 1.165) is 5.56 Å². The Balaban J connectivity index is 2.36. The molecule has 0 bridgehead atoms. The van der Waals surface area contributed by atoms with Gasteiger partial charge in [0.05, 0.1) is 7.11 Å². The first kappa shape index (κ1) is 13.8. The van der Waals surface area contributed by atoms with Gasteiger partial charge in [-0.25, -0.2) is 0 Å². The van der Waals surface area contributed by atoms with Crippen LogP contribution < -0.4 is 15.4 Å². The predicted octanol–water partition coefficient (Wildman–Crippen LogP) is 1.52. The Morgan fingerprint density at radius 2 is 2.00 bits per heavy atom. The lowest BCUT2D eigenvalue weighted by molar-refractivity contribution is 0.112. The Labute approximate surface area is 117 Å². The van der Waals surface area contributed by atoms with Gasteiger partial charge in [0, 0.05) is 13.6 Å². The molecule has 0 aliphatic heterocycles. The first-order valence-electron chi connectivity index (χ1n) is 6.07. The Hall–Kier alpha value is -2.63. The summed E-state index contributed by atoms with van der Waals surface area (Å²) in [5.74, 6) is 0.706. The highest BCUT2D eigenvalue weighted by atomic mass is 16.5. The molecule has 104 valence electrons. The normalized spacial score (nSPS) is 10.1. The van der Waals surface area contributed by atoms with Crippen LogP contribution in [0.4, 0.5) is 11.8 Å². The van der Waals surface area contributed by atoms with E-state index in [2.05, 4.69) is 9.97 Å². The van der Waals surface area contributed by atoms with Crippen molar-refractivity contribution < 1.29 is 9.53 Å². The molecule has 0 amide bonds. The Morgan fingerprint density at radius 3 is 2.60 bits per heavy atom. The number of nitrogens with zero attached hydrogens (tertiary/aromatic N) is 3. The van der Waals surface area contributed by atoms with E-state index in [4.69, 9.17) is 10.5 Å². The van der Waals surface area contributed by atoms with E-state index in [9.17, 15) is 4.79 Å². The molecule has 1 heterocycles. The second-order valence-corrected chi connectivity index (χ2v) is 4.29. The first-order valence-corrected chi connectivity index (χ1v) is 6.07. The molecule has 20 heavy (non-hydrogen) atoms. The lowest BCUT2D eigenvalue weighted by Crippen LogP contribution is -2.21. The third-order valence-electron chi connectivity index (χ3n) is 2.84. The van der Waals surface area contributed by atoms with E-state index >= 15 is 0 Å². The van der Waals surface area contributed by atoms with Crippen molar-refractivity contribution in [3.63, 3.8) is 0 Å². The van der Waals surface area contributed by atoms with Gasteiger partial charge in [0.1, 0.15) is 11.4 Å². The minimum Gasteiger partial charge on any atom is -0.480 e. The van der Waals surface area contributed by atoms with Crippen LogP contribution in [0.25, 0.3) is 0 Å². The van der Waals surface area contributed by atoms with Gasteiger partial charge in [-0.2, -0.15) is 9.97 Å². The minimum absolute atomic E-state index is 0.0716. The summed E-state index contributed by atoms with van der Waals surface area (Å²) in [7, 11) is 3.27. The molecule has 0 aliphatic carbocycles. The highest BCUT2D eigenvalue weighted by Gasteiger charge is 2.17. The number of methoxy groups -OCH3 is 1. The maximum atomic E-state index is 11.2. The van der Waals surface area contributed by atoms with E-state index in [0.29, 0.717) is 24.2 Å². The zero-order chi connectivity index (χ0) is 14.5. The molecule has 0 radical (unpaired) electrons. The number of hydrogen-bond acceptors (Lipinski definition) is 6. The largest absolute Gasteiger partial charge is 0.480 e. The Morgan fingerprint density at radius 1 is 1.30 bits per heavy atom. The second-order valence-electron chi connectivity index (χ2n) is 4.29. The number of nitrogens with two attached hydrogens (primary N) is 1. The monoisotopic (exact) mass is 272 g/mol. The number of ether oxygens (including phenoxy) is 1. The molecule has 2 aromatic rings. The van der Waals surface area contributed by atoms with Gasteiger partial charge in [-0.1, -0.05) is 30.3 Å². The van der Waals surface area contributed by atoms with Crippen molar-refractivity contribution in [2.24, 2.45) is 0 Å². The molecule has 0 fully saturated rings. The average molecular weight is 272 g/mol. The molecule has 2 N–H and O–H groups in total.